The number of nitrogens with two attached hydrogens (primary N) is 1. The van der Waals surface area contributed by atoms with E-state index in [2.05, 4.69) is 10.3 Å². The average Bonchev–Trinajstić information content (AvgIpc) is 2.42. The highest BCUT2D eigenvalue weighted by atomic mass is 35.5. The fraction of sp³-hybridized carbons (Fsp3) is 0.333. The van der Waals surface area contributed by atoms with Gasteiger partial charge in [0.1, 0.15) is 0 Å². The van der Waals surface area contributed by atoms with E-state index in [9.17, 15) is 4.79 Å². The lowest BCUT2D eigenvalue weighted by Crippen LogP contribution is -2.25. The molecular weight excluding hydrogens is 309 g/mol. The highest BCUT2D eigenvalue weighted by Crippen LogP contribution is 2.17. The average molecular weight is 330 g/mol. The number of halogens is 2. The van der Waals surface area contributed by atoms with Crippen LogP contribution in [-0.4, -0.2) is 24.0 Å². The maximum atomic E-state index is 12.2. The highest BCUT2D eigenvalue weighted by Gasteiger charge is 2.10. The molecule has 0 aliphatic heterocycles. The maximum Gasteiger partial charge on any atom is 0.253 e. The Balaban J connectivity index is 0.00000200. The van der Waals surface area contributed by atoms with Gasteiger partial charge in [0.2, 0.25) is 0 Å². The third-order valence-electron chi connectivity index (χ3n) is 3.02. The molecule has 4 nitrogen and oxygen atoms in total. The monoisotopic (exact) mass is 329 g/mol. The number of rotatable bonds is 5. The zero-order chi connectivity index (χ0) is 13.7. The summed E-state index contributed by atoms with van der Waals surface area (Å²) in [7, 11) is 0. The topological polar surface area (TPSA) is 68.0 Å². The van der Waals surface area contributed by atoms with Crippen LogP contribution in [0.2, 0.25) is 0 Å². The molecule has 0 spiro atoms. The number of benzene rings is 1. The minimum Gasteiger partial charge on any atom is -0.352 e. The first-order valence-electron chi connectivity index (χ1n) is 6.57. The number of nitrogens with one attached hydrogen (secondary N) is 1. The molecule has 0 unspecified atom stereocenters. The summed E-state index contributed by atoms with van der Waals surface area (Å²) in [6.07, 6.45) is 1.83. The van der Waals surface area contributed by atoms with Crippen molar-refractivity contribution in [2.24, 2.45) is 5.73 Å². The summed E-state index contributed by atoms with van der Waals surface area (Å²) in [4.78, 5) is 16.6. The molecule has 1 amide bonds. The predicted octanol–water partition coefficient (Wildman–Crippen LogP) is 2.86. The number of unbranched alkanes of at least 4 members (excludes halogenated alkanes) is 1. The van der Waals surface area contributed by atoms with Crippen LogP contribution in [0.4, 0.5) is 0 Å². The van der Waals surface area contributed by atoms with Gasteiger partial charge in [-0.05, 0) is 38.4 Å². The molecule has 116 valence electrons. The van der Waals surface area contributed by atoms with Crippen molar-refractivity contribution in [2.45, 2.75) is 19.8 Å². The smallest absolute Gasteiger partial charge is 0.253 e. The number of carbonyl (C=O) groups is 1. The molecule has 2 rings (SSSR count). The van der Waals surface area contributed by atoms with Gasteiger partial charge in [-0.1, -0.05) is 18.2 Å². The van der Waals surface area contributed by atoms with Crippen molar-refractivity contribution in [3.05, 3.63) is 41.6 Å². The van der Waals surface area contributed by atoms with Crippen molar-refractivity contribution in [3.63, 3.8) is 0 Å². The summed E-state index contributed by atoms with van der Waals surface area (Å²) in [5.41, 5.74) is 7.73. The van der Waals surface area contributed by atoms with E-state index in [4.69, 9.17) is 5.73 Å². The summed E-state index contributed by atoms with van der Waals surface area (Å²) in [6, 6.07) is 9.60. The van der Waals surface area contributed by atoms with Crippen molar-refractivity contribution >= 4 is 41.6 Å². The van der Waals surface area contributed by atoms with Gasteiger partial charge in [-0.2, -0.15) is 0 Å². The zero-order valence-corrected chi connectivity index (χ0v) is 13.6. The molecule has 0 bridgehead atoms. The largest absolute Gasteiger partial charge is 0.352 e. The van der Waals surface area contributed by atoms with Crippen LogP contribution >= 0.6 is 24.8 Å². The van der Waals surface area contributed by atoms with Crippen LogP contribution in [-0.2, 0) is 0 Å². The van der Waals surface area contributed by atoms with Crippen LogP contribution in [0.15, 0.2) is 30.3 Å². The number of aromatic nitrogens is 1. The SMILES string of the molecule is Cc1ccc2cccc(C(=O)NCCCCN)c2n1.Cl.Cl. The van der Waals surface area contributed by atoms with Gasteiger partial charge in [-0.25, -0.2) is 0 Å². The number of carbonyl (C=O) groups excluding carboxylic acids is 1. The molecular formula is C15H21Cl2N3O. The van der Waals surface area contributed by atoms with Gasteiger partial charge in [0.15, 0.2) is 0 Å². The standard InChI is InChI=1S/C15H19N3O.2ClH/c1-11-7-8-12-5-4-6-13(14(12)18-11)15(19)17-10-3-2-9-16;;/h4-8H,2-3,9-10,16H2,1H3,(H,17,19);2*1H. The number of fused-ring (bicyclic) bond motifs is 1. The second-order valence-electron chi connectivity index (χ2n) is 4.58. The van der Waals surface area contributed by atoms with E-state index in [1.165, 1.54) is 0 Å². The van der Waals surface area contributed by atoms with Crippen molar-refractivity contribution < 1.29 is 4.79 Å². The second kappa shape index (κ2) is 9.55. The van der Waals surface area contributed by atoms with Crippen LogP contribution in [0.3, 0.4) is 0 Å². The normalized spacial score (nSPS) is 9.62. The van der Waals surface area contributed by atoms with Gasteiger partial charge >= 0.3 is 0 Å². The number of hydrogen-bond acceptors (Lipinski definition) is 3. The van der Waals surface area contributed by atoms with Crippen LogP contribution < -0.4 is 11.1 Å². The van der Waals surface area contributed by atoms with Gasteiger partial charge < -0.3 is 11.1 Å². The molecule has 0 saturated carbocycles. The molecule has 21 heavy (non-hydrogen) atoms. The molecule has 1 aromatic heterocycles. The van der Waals surface area contributed by atoms with Gasteiger partial charge in [0.05, 0.1) is 11.1 Å². The van der Waals surface area contributed by atoms with E-state index in [1.807, 2.05) is 37.3 Å². The quantitative estimate of drug-likeness (QED) is 0.829. The van der Waals surface area contributed by atoms with E-state index in [0.29, 0.717) is 18.7 Å². The number of aryl methyl sites for hydroxylation is 1. The number of para-hydroxylation sites is 1. The fourth-order valence-electron chi connectivity index (χ4n) is 1.99. The molecule has 0 fully saturated rings. The number of pyridine rings is 1. The lowest BCUT2D eigenvalue weighted by atomic mass is 10.1. The molecule has 3 N–H and O–H groups in total. The summed E-state index contributed by atoms with van der Waals surface area (Å²) in [5.74, 6) is -0.0688. The van der Waals surface area contributed by atoms with Crippen molar-refractivity contribution in [3.8, 4) is 0 Å². The summed E-state index contributed by atoms with van der Waals surface area (Å²) in [6.45, 7) is 3.23. The Bertz CT molecular complexity index is 590. The van der Waals surface area contributed by atoms with Crippen molar-refractivity contribution in [2.75, 3.05) is 13.1 Å². The molecule has 0 aliphatic rings. The lowest BCUT2D eigenvalue weighted by Gasteiger charge is -2.07. The Hall–Kier alpha value is -1.36. The van der Waals surface area contributed by atoms with Gasteiger partial charge in [0.25, 0.3) is 5.91 Å². The van der Waals surface area contributed by atoms with Crippen LogP contribution in [0.1, 0.15) is 28.9 Å². The van der Waals surface area contributed by atoms with Crippen LogP contribution in [0, 0.1) is 6.92 Å². The van der Waals surface area contributed by atoms with Crippen LogP contribution in [0.5, 0.6) is 0 Å². The number of hydrogen-bond donors (Lipinski definition) is 2. The minimum absolute atomic E-state index is 0. The van der Waals surface area contributed by atoms with E-state index >= 15 is 0 Å². The number of nitrogens with zero attached hydrogens (tertiary/aromatic N) is 1. The highest BCUT2D eigenvalue weighted by molar-refractivity contribution is 6.05. The minimum atomic E-state index is -0.0688. The molecule has 1 heterocycles. The molecule has 0 aliphatic carbocycles. The molecule has 2 aromatic rings. The van der Waals surface area contributed by atoms with Crippen molar-refractivity contribution in [1.82, 2.24) is 10.3 Å². The van der Waals surface area contributed by atoms with Crippen LogP contribution in [0.25, 0.3) is 10.9 Å². The van der Waals surface area contributed by atoms with Crippen molar-refractivity contribution in [1.29, 1.82) is 0 Å². The summed E-state index contributed by atoms with van der Waals surface area (Å²) >= 11 is 0. The second-order valence-corrected chi connectivity index (χ2v) is 4.58. The molecule has 1 aromatic carbocycles. The Kier molecular flexibility index (Phi) is 8.93. The predicted molar refractivity (Wildman–Crippen MR) is 91.6 cm³/mol. The zero-order valence-electron chi connectivity index (χ0n) is 12.0. The van der Waals surface area contributed by atoms with E-state index in [0.717, 1.165) is 29.4 Å². The third kappa shape index (κ3) is 5.16. The van der Waals surface area contributed by atoms with E-state index < -0.39 is 0 Å². The fourth-order valence-corrected chi connectivity index (χ4v) is 1.99. The molecule has 6 heteroatoms. The lowest BCUT2D eigenvalue weighted by molar-refractivity contribution is 0.0954. The van der Waals surface area contributed by atoms with Gasteiger partial charge in [0, 0.05) is 17.6 Å². The van der Waals surface area contributed by atoms with E-state index in [-0.39, 0.29) is 30.7 Å². The maximum absolute atomic E-state index is 12.2. The Labute approximate surface area is 137 Å². The number of amides is 1. The first-order chi connectivity index (χ1) is 9.22. The van der Waals surface area contributed by atoms with Gasteiger partial charge in [-0.3, -0.25) is 9.78 Å². The molecule has 0 atom stereocenters. The first-order valence-corrected chi connectivity index (χ1v) is 6.57. The Morgan fingerprint density at radius 3 is 2.67 bits per heavy atom. The molecule has 0 radical (unpaired) electrons. The van der Waals surface area contributed by atoms with Gasteiger partial charge in [-0.15, -0.1) is 24.8 Å². The third-order valence-corrected chi connectivity index (χ3v) is 3.02. The van der Waals surface area contributed by atoms with E-state index in [1.54, 1.807) is 0 Å². The summed E-state index contributed by atoms with van der Waals surface area (Å²) in [5, 5.41) is 3.90. The molecule has 0 saturated heterocycles. The first kappa shape index (κ1) is 19.6. The Morgan fingerprint density at radius 1 is 1.19 bits per heavy atom. The Morgan fingerprint density at radius 2 is 1.95 bits per heavy atom. The summed E-state index contributed by atoms with van der Waals surface area (Å²) < 4.78 is 0.